The number of esters is 1. The summed E-state index contributed by atoms with van der Waals surface area (Å²) in [6.45, 7) is 12.2. The third-order valence-corrected chi connectivity index (χ3v) is 10.9. The Morgan fingerprint density at radius 3 is 2.38 bits per heavy atom. The van der Waals surface area contributed by atoms with Gasteiger partial charge in [-0.15, -0.1) is 11.8 Å². The van der Waals surface area contributed by atoms with Crippen molar-refractivity contribution in [3.05, 3.63) is 48.6 Å². The maximum atomic E-state index is 14.7. The first-order chi connectivity index (χ1) is 19.1. The Balaban J connectivity index is 1.62. The number of thioether (sulfide) groups is 1. The van der Waals surface area contributed by atoms with Gasteiger partial charge in [0.2, 0.25) is 5.91 Å². The topological polar surface area (TPSA) is 90.4 Å². The first-order valence-electron chi connectivity index (χ1n) is 14.4. The predicted molar refractivity (Wildman–Crippen MR) is 158 cm³/mol. The summed E-state index contributed by atoms with van der Waals surface area (Å²) >= 11 is 1.53. The molecule has 1 aromatic rings. The molecule has 1 N–H and O–H groups in total. The summed E-state index contributed by atoms with van der Waals surface area (Å²) in [5, 5.41) is 10.5. The fraction of sp³-hybridized carbons (Fsp3) is 0.581. The standard InChI is InChI=1S/C31H41N3O5S/c1-6-32(7-2)21-11-13-22(14-12-21)33-17-10-16-31-24(25-29(38)39-18-9-8-15-30(25,5)40-31)27(36)34(26(31)28(33)37)23(19-35)20(3)4/h8,10-16,20,23-26,35H,6-7,9,17-19H2,1-5H3/t23-,24-,25+,26?,30-,31-/m0/s1. The monoisotopic (exact) mass is 567 g/mol. The van der Waals surface area contributed by atoms with Crippen molar-refractivity contribution < 1.29 is 24.2 Å². The van der Waals surface area contributed by atoms with Crippen LogP contribution < -0.4 is 9.80 Å². The second-order valence-electron chi connectivity index (χ2n) is 11.6. The Hall–Kier alpha value is -2.78. The highest BCUT2D eigenvalue weighted by Gasteiger charge is 2.74. The molecule has 9 heteroatoms. The van der Waals surface area contributed by atoms with E-state index >= 15 is 0 Å². The molecule has 1 aromatic carbocycles. The smallest absolute Gasteiger partial charge is 0.311 e. The highest BCUT2D eigenvalue weighted by molar-refractivity contribution is 8.02. The molecule has 8 nitrogen and oxygen atoms in total. The molecule has 4 aliphatic rings. The van der Waals surface area contributed by atoms with Gasteiger partial charge in [-0.25, -0.2) is 0 Å². The Kier molecular flexibility index (Phi) is 7.83. The first kappa shape index (κ1) is 28.7. The fourth-order valence-corrected chi connectivity index (χ4v) is 9.21. The zero-order valence-corrected chi connectivity index (χ0v) is 24.9. The van der Waals surface area contributed by atoms with Gasteiger partial charge in [0.1, 0.15) is 6.04 Å². The van der Waals surface area contributed by atoms with E-state index in [-0.39, 0.29) is 30.9 Å². The van der Waals surface area contributed by atoms with Crippen molar-refractivity contribution in [2.75, 3.05) is 42.6 Å². The molecule has 1 spiro atoms. The van der Waals surface area contributed by atoms with E-state index in [1.165, 1.54) is 11.8 Å². The SMILES string of the molecule is CCN(CC)c1ccc(N2CC=C[C@]34S[C@@]5(C)C=CCCOC(=O)[C@H]5[C@H]3C(=O)N([C@@H](CO)C(C)C)C4C2=O)cc1. The molecular formula is C31H41N3O5S. The minimum atomic E-state index is -0.973. The summed E-state index contributed by atoms with van der Waals surface area (Å²) in [6.07, 6.45) is 8.62. The van der Waals surface area contributed by atoms with Gasteiger partial charge < -0.3 is 24.5 Å². The number of hydrogen-bond acceptors (Lipinski definition) is 7. The van der Waals surface area contributed by atoms with Crippen LogP contribution in [0.2, 0.25) is 0 Å². The summed E-state index contributed by atoms with van der Waals surface area (Å²) in [4.78, 5) is 48.2. The lowest BCUT2D eigenvalue weighted by molar-refractivity contribution is -0.154. The maximum absolute atomic E-state index is 14.7. The fourth-order valence-electron chi connectivity index (χ4n) is 7.07. The summed E-state index contributed by atoms with van der Waals surface area (Å²) in [5.74, 6) is -2.46. The van der Waals surface area contributed by atoms with Crippen LogP contribution in [0, 0.1) is 17.8 Å². The third-order valence-electron chi connectivity index (χ3n) is 9.06. The molecule has 0 aliphatic carbocycles. The number of aliphatic hydroxyl groups excluding tert-OH is 1. The molecule has 216 valence electrons. The molecule has 2 fully saturated rings. The predicted octanol–water partition coefficient (Wildman–Crippen LogP) is 3.64. The van der Waals surface area contributed by atoms with Crippen molar-refractivity contribution in [2.24, 2.45) is 17.8 Å². The Labute approximate surface area is 241 Å². The number of rotatable bonds is 7. The van der Waals surface area contributed by atoms with Crippen molar-refractivity contribution in [3.8, 4) is 0 Å². The number of cyclic esters (lactones) is 1. The normalized spacial score (nSPS) is 32.3. The molecule has 6 atom stereocenters. The van der Waals surface area contributed by atoms with Crippen molar-refractivity contribution in [2.45, 2.75) is 62.6 Å². The van der Waals surface area contributed by atoms with Crippen LogP contribution in [0.4, 0.5) is 11.4 Å². The van der Waals surface area contributed by atoms with Crippen LogP contribution in [0.1, 0.15) is 41.0 Å². The van der Waals surface area contributed by atoms with E-state index in [2.05, 4.69) is 18.7 Å². The van der Waals surface area contributed by atoms with Crippen molar-refractivity contribution in [1.29, 1.82) is 0 Å². The second kappa shape index (κ2) is 10.9. The number of hydrogen-bond donors (Lipinski definition) is 1. The first-order valence-corrected chi connectivity index (χ1v) is 15.3. The molecule has 2 amide bonds. The minimum Gasteiger partial charge on any atom is -0.465 e. The van der Waals surface area contributed by atoms with E-state index in [0.29, 0.717) is 13.0 Å². The molecule has 40 heavy (non-hydrogen) atoms. The second-order valence-corrected chi connectivity index (χ2v) is 13.4. The highest BCUT2D eigenvalue weighted by atomic mass is 32.2. The third kappa shape index (κ3) is 4.36. The molecule has 1 unspecified atom stereocenters. The zero-order valence-electron chi connectivity index (χ0n) is 24.1. The van der Waals surface area contributed by atoms with Crippen molar-refractivity contribution in [3.63, 3.8) is 0 Å². The molecule has 0 bridgehead atoms. The number of nitrogens with zero attached hydrogens (tertiary/aromatic N) is 3. The maximum Gasteiger partial charge on any atom is 0.311 e. The van der Waals surface area contributed by atoms with E-state index in [9.17, 15) is 19.5 Å². The van der Waals surface area contributed by atoms with Gasteiger partial charge in [0.05, 0.1) is 35.8 Å². The van der Waals surface area contributed by atoms with Gasteiger partial charge in [0.15, 0.2) is 0 Å². The minimum absolute atomic E-state index is 0.0905. The molecule has 0 saturated carbocycles. The number of ether oxygens (including phenoxy) is 1. The molecule has 0 aromatic heterocycles. The van der Waals surface area contributed by atoms with Crippen LogP contribution in [0.3, 0.4) is 0 Å². The Morgan fingerprint density at radius 1 is 1.05 bits per heavy atom. The van der Waals surface area contributed by atoms with E-state index in [4.69, 9.17) is 4.74 Å². The van der Waals surface area contributed by atoms with Crippen molar-refractivity contribution in [1.82, 2.24) is 4.90 Å². The van der Waals surface area contributed by atoms with Gasteiger partial charge in [-0.05, 0) is 57.4 Å². The lowest BCUT2D eigenvalue weighted by atomic mass is 9.74. The van der Waals surface area contributed by atoms with Gasteiger partial charge in [-0.3, -0.25) is 14.4 Å². The van der Waals surface area contributed by atoms with Gasteiger partial charge >= 0.3 is 5.97 Å². The molecular weight excluding hydrogens is 526 g/mol. The van der Waals surface area contributed by atoms with E-state index in [1.54, 1.807) is 9.80 Å². The number of likely N-dealkylation sites (tertiary alicyclic amines) is 1. The molecule has 5 rings (SSSR count). The van der Waals surface area contributed by atoms with Crippen LogP contribution in [-0.4, -0.2) is 82.2 Å². The van der Waals surface area contributed by atoms with Crippen molar-refractivity contribution >= 4 is 40.9 Å². The Bertz CT molecular complexity index is 1210. The largest absolute Gasteiger partial charge is 0.465 e. The van der Waals surface area contributed by atoms with Crippen LogP contribution in [-0.2, 0) is 19.1 Å². The van der Waals surface area contributed by atoms with E-state index < -0.39 is 39.4 Å². The summed E-state index contributed by atoms with van der Waals surface area (Å²) in [5.41, 5.74) is 1.84. The number of anilines is 2. The van der Waals surface area contributed by atoms with Gasteiger partial charge in [-0.2, -0.15) is 0 Å². The number of carbonyl (C=O) groups excluding carboxylic acids is 3. The average molecular weight is 568 g/mol. The van der Waals surface area contributed by atoms with E-state index in [0.717, 1.165) is 24.5 Å². The summed E-state index contributed by atoms with van der Waals surface area (Å²) in [7, 11) is 0. The number of aliphatic hydroxyl groups is 1. The molecule has 4 aliphatic heterocycles. The Morgan fingerprint density at radius 2 is 1.75 bits per heavy atom. The lowest BCUT2D eigenvalue weighted by Gasteiger charge is -2.41. The molecule has 4 heterocycles. The quantitative estimate of drug-likeness (QED) is 0.397. The zero-order chi connectivity index (χ0) is 28.8. The number of fused-ring (bicyclic) bond motifs is 2. The molecule has 0 radical (unpaired) electrons. The van der Waals surface area contributed by atoms with E-state index in [1.807, 2.05) is 69.3 Å². The average Bonchev–Trinajstić information content (AvgIpc) is 3.24. The van der Waals surface area contributed by atoms with Gasteiger partial charge in [-0.1, -0.05) is 38.2 Å². The van der Waals surface area contributed by atoms with Crippen LogP contribution in [0.15, 0.2) is 48.6 Å². The lowest BCUT2D eigenvalue weighted by Crippen LogP contribution is -2.58. The number of benzene rings is 1. The number of carbonyl (C=O) groups is 3. The molecule has 2 saturated heterocycles. The number of amides is 2. The highest BCUT2D eigenvalue weighted by Crippen LogP contribution is 2.65. The van der Waals surface area contributed by atoms with Gasteiger partial charge in [0.25, 0.3) is 5.91 Å². The summed E-state index contributed by atoms with van der Waals surface area (Å²) < 4.78 is 3.93. The van der Waals surface area contributed by atoms with Gasteiger partial charge in [0, 0.05) is 35.8 Å². The van der Waals surface area contributed by atoms with Crippen LogP contribution in [0.25, 0.3) is 0 Å². The summed E-state index contributed by atoms with van der Waals surface area (Å²) in [6, 6.07) is 6.53. The van der Waals surface area contributed by atoms with Crippen LogP contribution in [0.5, 0.6) is 0 Å². The van der Waals surface area contributed by atoms with Crippen LogP contribution >= 0.6 is 11.8 Å².